The van der Waals surface area contributed by atoms with E-state index >= 15 is 0 Å². The normalized spacial score (nSPS) is 28.0. The molecule has 0 spiro atoms. The van der Waals surface area contributed by atoms with E-state index in [-0.39, 0.29) is 30.0 Å². The molecule has 2 aliphatic rings. The van der Waals surface area contributed by atoms with Gasteiger partial charge in [-0.25, -0.2) is 0 Å². The topological polar surface area (TPSA) is 41.6 Å². The van der Waals surface area contributed by atoms with Gasteiger partial charge >= 0.3 is 0 Å². The number of amides is 1. The van der Waals surface area contributed by atoms with E-state index in [1.54, 1.807) is 0 Å². The van der Waals surface area contributed by atoms with Crippen LogP contribution in [0.3, 0.4) is 0 Å². The second-order valence-corrected chi connectivity index (χ2v) is 10.6. The Labute approximate surface area is 207 Å². The molecular weight excluding hydrogens is 455 g/mol. The highest BCUT2D eigenvalue weighted by atomic mass is 35.5. The van der Waals surface area contributed by atoms with Gasteiger partial charge in [0.15, 0.2) is 0 Å². The van der Waals surface area contributed by atoms with E-state index in [1.807, 2.05) is 24.3 Å². The van der Waals surface area contributed by atoms with Crippen LogP contribution in [0.4, 0.5) is 0 Å². The third-order valence-corrected chi connectivity index (χ3v) is 7.88. The van der Waals surface area contributed by atoms with Crippen LogP contribution >= 0.6 is 23.2 Å². The van der Waals surface area contributed by atoms with Gasteiger partial charge in [-0.2, -0.15) is 0 Å². The number of likely N-dealkylation sites (tertiary alicyclic amines) is 1. The van der Waals surface area contributed by atoms with Crippen LogP contribution in [0.2, 0.25) is 10.0 Å². The molecule has 2 aliphatic heterocycles. The summed E-state index contributed by atoms with van der Waals surface area (Å²) in [5, 5.41) is 4.68. The summed E-state index contributed by atoms with van der Waals surface area (Å²) in [6.45, 7) is 7.81. The lowest BCUT2D eigenvalue weighted by molar-refractivity contribution is -0.157. The highest BCUT2D eigenvalue weighted by Crippen LogP contribution is 2.53. The van der Waals surface area contributed by atoms with Crippen molar-refractivity contribution < 1.29 is 9.53 Å². The quantitative estimate of drug-likeness (QED) is 0.478. The predicted octanol–water partition coefficient (Wildman–Crippen LogP) is 6.58. The SMILES string of the molecule is CCC(CC)N1C(=O)C(C)(CC2CNCO2)CC(c2cccc(Cl)c2)C1c1ccc(Cl)cc1. The van der Waals surface area contributed by atoms with E-state index in [1.165, 1.54) is 5.56 Å². The molecule has 0 bridgehead atoms. The van der Waals surface area contributed by atoms with Crippen molar-refractivity contribution >= 4 is 29.1 Å². The molecule has 6 heteroatoms. The number of benzene rings is 2. The Morgan fingerprint density at radius 2 is 1.82 bits per heavy atom. The molecule has 0 aromatic heterocycles. The Morgan fingerprint density at radius 1 is 1.09 bits per heavy atom. The molecule has 178 valence electrons. The Bertz CT molecular complexity index is 957. The summed E-state index contributed by atoms with van der Waals surface area (Å²) in [7, 11) is 0. The fourth-order valence-corrected chi connectivity index (χ4v) is 6.07. The Morgan fingerprint density at radius 3 is 2.42 bits per heavy atom. The number of piperidine rings is 1. The number of nitrogens with one attached hydrogen (secondary N) is 1. The predicted molar refractivity (Wildman–Crippen MR) is 135 cm³/mol. The van der Waals surface area contributed by atoms with Crippen molar-refractivity contribution in [2.24, 2.45) is 5.41 Å². The maximum Gasteiger partial charge on any atom is 0.229 e. The summed E-state index contributed by atoms with van der Waals surface area (Å²) >= 11 is 12.7. The first-order chi connectivity index (χ1) is 15.9. The van der Waals surface area contributed by atoms with Crippen molar-refractivity contribution in [2.45, 2.75) is 70.6 Å². The van der Waals surface area contributed by atoms with E-state index in [4.69, 9.17) is 27.9 Å². The minimum atomic E-state index is -0.519. The fraction of sp³-hybridized carbons (Fsp3) is 0.519. The van der Waals surface area contributed by atoms with Gasteiger partial charge in [-0.1, -0.05) is 68.2 Å². The second-order valence-electron chi connectivity index (χ2n) is 9.70. The molecule has 0 aliphatic carbocycles. The second kappa shape index (κ2) is 10.4. The smallest absolute Gasteiger partial charge is 0.229 e. The molecule has 2 aromatic carbocycles. The highest BCUT2D eigenvalue weighted by Gasteiger charge is 2.52. The zero-order chi connectivity index (χ0) is 23.6. The Kier molecular flexibility index (Phi) is 7.69. The van der Waals surface area contributed by atoms with Crippen LogP contribution in [0, 0.1) is 5.41 Å². The number of hydrogen-bond acceptors (Lipinski definition) is 3. The van der Waals surface area contributed by atoms with Crippen LogP contribution in [0.5, 0.6) is 0 Å². The summed E-state index contributed by atoms with van der Waals surface area (Å²) in [5.74, 6) is 0.340. The van der Waals surface area contributed by atoms with Crippen molar-refractivity contribution in [3.05, 3.63) is 69.7 Å². The molecule has 2 aromatic rings. The lowest BCUT2D eigenvalue weighted by atomic mass is 9.66. The number of hydrogen-bond donors (Lipinski definition) is 1. The first-order valence-electron chi connectivity index (χ1n) is 12.0. The average Bonchev–Trinajstić information content (AvgIpc) is 3.31. The van der Waals surface area contributed by atoms with E-state index in [9.17, 15) is 4.79 Å². The average molecular weight is 489 g/mol. The third kappa shape index (κ3) is 5.09. The van der Waals surface area contributed by atoms with Gasteiger partial charge in [0.1, 0.15) is 0 Å². The minimum absolute atomic E-state index is 0.0506. The van der Waals surface area contributed by atoms with Gasteiger partial charge in [-0.05, 0) is 61.1 Å². The van der Waals surface area contributed by atoms with Crippen LogP contribution < -0.4 is 5.32 Å². The Balaban J connectivity index is 1.84. The largest absolute Gasteiger partial charge is 0.362 e. The van der Waals surface area contributed by atoms with Gasteiger partial charge in [0.05, 0.1) is 18.9 Å². The van der Waals surface area contributed by atoms with Crippen molar-refractivity contribution in [3.63, 3.8) is 0 Å². The van der Waals surface area contributed by atoms with E-state index in [0.717, 1.165) is 36.4 Å². The number of carbonyl (C=O) groups excluding carboxylic acids is 1. The lowest BCUT2D eigenvalue weighted by Gasteiger charge is -2.52. The van der Waals surface area contributed by atoms with Crippen molar-refractivity contribution in [1.29, 1.82) is 0 Å². The van der Waals surface area contributed by atoms with Gasteiger partial charge in [0, 0.05) is 34.0 Å². The maximum absolute atomic E-state index is 14.3. The molecule has 4 nitrogen and oxygen atoms in total. The van der Waals surface area contributed by atoms with Crippen molar-refractivity contribution in [2.75, 3.05) is 13.3 Å². The third-order valence-electron chi connectivity index (χ3n) is 7.40. The number of ether oxygens (including phenoxy) is 1. The van der Waals surface area contributed by atoms with Crippen LogP contribution in [0.15, 0.2) is 48.5 Å². The molecule has 2 heterocycles. The Hall–Kier alpha value is -1.59. The molecular formula is C27H34Cl2N2O2. The van der Waals surface area contributed by atoms with Gasteiger partial charge in [-0.15, -0.1) is 0 Å². The van der Waals surface area contributed by atoms with Crippen molar-refractivity contribution in [1.82, 2.24) is 10.2 Å². The van der Waals surface area contributed by atoms with Crippen LogP contribution in [-0.2, 0) is 9.53 Å². The van der Waals surface area contributed by atoms with Crippen LogP contribution in [0.1, 0.15) is 69.5 Å². The lowest BCUT2D eigenvalue weighted by Crippen LogP contribution is -2.56. The van der Waals surface area contributed by atoms with Gasteiger partial charge in [0.25, 0.3) is 0 Å². The number of halogens is 2. The molecule has 1 N–H and O–H groups in total. The number of nitrogens with zero attached hydrogens (tertiary/aromatic N) is 1. The van der Waals surface area contributed by atoms with Gasteiger partial charge in [0.2, 0.25) is 5.91 Å². The molecule has 33 heavy (non-hydrogen) atoms. The molecule has 0 saturated carbocycles. The van der Waals surface area contributed by atoms with Crippen LogP contribution in [-0.4, -0.2) is 36.2 Å². The molecule has 1 amide bonds. The summed E-state index contributed by atoms with van der Waals surface area (Å²) < 4.78 is 5.88. The zero-order valence-corrected chi connectivity index (χ0v) is 21.2. The van der Waals surface area contributed by atoms with Crippen molar-refractivity contribution in [3.8, 4) is 0 Å². The molecule has 2 fully saturated rings. The standard InChI is InChI=1S/C27H34Cl2N2O2/c1-4-22(5-2)31-25(18-9-11-20(28)12-10-18)24(19-7-6-8-21(29)13-19)15-27(3,26(31)32)14-23-16-30-17-33-23/h6-13,22-25,30H,4-5,14-17H2,1-3H3. The first-order valence-corrected chi connectivity index (χ1v) is 12.8. The minimum Gasteiger partial charge on any atom is -0.362 e. The summed E-state index contributed by atoms with van der Waals surface area (Å²) in [4.78, 5) is 16.5. The maximum atomic E-state index is 14.3. The van der Waals surface area contributed by atoms with Gasteiger partial charge in [-0.3, -0.25) is 10.1 Å². The zero-order valence-electron chi connectivity index (χ0n) is 19.7. The first kappa shape index (κ1) is 24.5. The monoisotopic (exact) mass is 488 g/mol. The van der Waals surface area contributed by atoms with Gasteiger partial charge < -0.3 is 9.64 Å². The fourth-order valence-electron chi connectivity index (χ4n) is 5.74. The number of carbonyl (C=O) groups is 1. The molecule has 0 radical (unpaired) electrons. The van der Waals surface area contributed by atoms with E-state index < -0.39 is 5.41 Å². The molecule has 4 atom stereocenters. The highest BCUT2D eigenvalue weighted by molar-refractivity contribution is 6.30. The molecule has 2 saturated heterocycles. The summed E-state index contributed by atoms with van der Waals surface area (Å²) in [5.41, 5.74) is 1.77. The van der Waals surface area contributed by atoms with E-state index in [2.05, 4.69) is 55.3 Å². The summed E-state index contributed by atoms with van der Waals surface area (Å²) in [6, 6.07) is 16.2. The molecule has 4 rings (SSSR count). The van der Waals surface area contributed by atoms with Crippen LogP contribution in [0.25, 0.3) is 0 Å². The number of rotatable bonds is 7. The summed E-state index contributed by atoms with van der Waals surface area (Å²) in [6.07, 6.45) is 3.32. The van der Waals surface area contributed by atoms with E-state index in [0.29, 0.717) is 18.2 Å². The molecule has 4 unspecified atom stereocenters.